The van der Waals surface area contributed by atoms with Crippen LogP contribution in [0.25, 0.3) is 16.6 Å². The molecule has 1 saturated heterocycles. The van der Waals surface area contributed by atoms with Crippen molar-refractivity contribution in [3.05, 3.63) is 102 Å². The summed E-state index contributed by atoms with van der Waals surface area (Å²) < 4.78 is 44.1. The topological polar surface area (TPSA) is 85.9 Å². The molecule has 2 fully saturated rings. The highest BCUT2D eigenvalue weighted by molar-refractivity contribution is 7.89. The average molecular weight is 543 g/mol. The summed E-state index contributed by atoms with van der Waals surface area (Å²) in [5, 5.41) is 13.8. The summed E-state index contributed by atoms with van der Waals surface area (Å²) in [4.78, 5) is 1.39. The molecule has 2 aromatic heterocycles. The van der Waals surface area contributed by atoms with Gasteiger partial charge in [-0.05, 0) is 72.9 Å². The van der Waals surface area contributed by atoms with Crippen LogP contribution < -0.4 is 0 Å². The van der Waals surface area contributed by atoms with Gasteiger partial charge in [0, 0.05) is 29.8 Å². The van der Waals surface area contributed by atoms with Crippen LogP contribution in [0, 0.1) is 18.7 Å². The van der Waals surface area contributed by atoms with Gasteiger partial charge in [0.15, 0.2) is 0 Å². The minimum Gasteiger partial charge on any atom is -0.233 e. The van der Waals surface area contributed by atoms with Crippen molar-refractivity contribution in [2.24, 2.45) is 5.92 Å². The van der Waals surface area contributed by atoms with Crippen LogP contribution in [-0.4, -0.2) is 50.6 Å². The van der Waals surface area contributed by atoms with E-state index in [1.807, 2.05) is 36.0 Å². The summed E-state index contributed by atoms with van der Waals surface area (Å²) in [6.45, 7) is 5.25. The summed E-state index contributed by atoms with van der Waals surface area (Å²) in [5.74, 6) is 0.0523. The summed E-state index contributed by atoms with van der Waals surface area (Å²) in [6, 6.07) is 20.9. The van der Waals surface area contributed by atoms with Crippen molar-refractivity contribution in [2.45, 2.75) is 36.8 Å². The maximum Gasteiger partial charge on any atom is 0.264 e. The van der Waals surface area contributed by atoms with Gasteiger partial charge in [0.25, 0.3) is 10.0 Å². The maximum atomic E-state index is 13.6. The summed E-state index contributed by atoms with van der Waals surface area (Å²) in [5.41, 5.74) is 4.78. The van der Waals surface area contributed by atoms with E-state index >= 15 is 0 Å². The fourth-order valence-electron chi connectivity index (χ4n) is 6.56. The molecule has 7 rings (SSSR count). The van der Waals surface area contributed by atoms with Crippen molar-refractivity contribution < 1.29 is 12.8 Å². The molecule has 5 aromatic rings. The summed E-state index contributed by atoms with van der Waals surface area (Å²) in [7, 11) is -3.78. The van der Waals surface area contributed by atoms with Gasteiger partial charge in [0.05, 0.1) is 30.1 Å². The average Bonchev–Trinajstić information content (AvgIpc) is 3.41. The number of benzene rings is 3. The predicted octanol–water partition coefficient (Wildman–Crippen LogP) is 4.44. The fraction of sp³-hybridized carbons (Fsp3) is 0.276. The van der Waals surface area contributed by atoms with Crippen LogP contribution >= 0.6 is 0 Å². The fourth-order valence-corrected chi connectivity index (χ4v) is 7.94. The van der Waals surface area contributed by atoms with Crippen LogP contribution in [0.3, 0.4) is 0 Å². The van der Waals surface area contributed by atoms with Gasteiger partial charge in [-0.25, -0.2) is 17.5 Å². The highest BCUT2D eigenvalue weighted by Gasteiger charge is 2.71. The molecule has 0 amide bonds. The molecule has 1 saturated carbocycles. The molecule has 39 heavy (non-hydrogen) atoms. The smallest absolute Gasteiger partial charge is 0.233 e. The Bertz CT molecular complexity index is 1820. The van der Waals surface area contributed by atoms with E-state index in [0.717, 1.165) is 27.7 Å². The Morgan fingerprint density at radius 3 is 2.51 bits per heavy atom. The summed E-state index contributed by atoms with van der Waals surface area (Å²) >= 11 is 0. The van der Waals surface area contributed by atoms with Gasteiger partial charge in [0.1, 0.15) is 5.82 Å². The molecule has 0 spiro atoms. The number of fused-ring (bicyclic) bond motifs is 2. The number of aryl methyl sites for hydroxylation is 2. The number of nitrogens with zero attached hydrogens (tertiary/aromatic N) is 6. The molecule has 2 aliphatic rings. The van der Waals surface area contributed by atoms with Crippen molar-refractivity contribution in [3.63, 3.8) is 0 Å². The lowest BCUT2D eigenvalue weighted by Gasteiger charge is -2.24. The molecule has 0 radical (unpaired) electrons. The number of hydrogen-bond donors (Lipinski definition) is 0. The Balaban J connectivity index is 1.32. The van der Waals surface area contributed by atoms with Crippen molar-refractivity contribution in [3.8, 4) is 5.69 Å². The van der Waals surface area contributed by atoms with Crippen LogP contribution in [-0.2, 0) is 22.0 Å². The Hall–Kier alpha value is -3.89. The molecular weight excluding hydrogens is 515 g/mol. The van der Waals surface area contributed by atoms with E-state index < -0.39 is 10.0 Å². The molecule has 0 unspecified atom stereocenters. The normalized spacial score (nSPS) is 22.8. The first kappa shape index (κ1) is 24.2. The standard InChI is InChI=1S/C29H27FN6O2S/c1-3-35-31-16-27(33-35)39(37,38)34-17-25-28(20-7-5-4-6-8-20)29(25,18-34)24-14-21-15-32-36(26(21)13-19(24)2)23-11-9-22(30)10-12-23/h4-16,25,28H,3,17-18H2,1-2H3/t25-,28-,29+/m1/s1. The lowest BCUT2D eigenvalue weighted by molar-refractivity contribution is 0.417. The molecule has 198 valence electrons. The largest absolute Gasteiger partial charge is 0.264 e. The zero-order chi connectivity index (χ0) is 26.9. The molecule has 0 bridgehead atoms. The van der Waals surface area contributed by atoms with E-state index in [1.165, 1.54) is 28.7 Å². The van der Waals surface area contributed by atoms with Crippen molar-refractivity contribution in [1.82, 2.24) is 29.1 Å². The first-order chi connectivity index (χ1) is 18.8. The van der Waals surface area contributed by atoms with E-state index in [-0.39, 0.29) is 28.1 Å². The van der Waals surface area contributed by atoms with Crippen LogP contribution in [0.15, 0.2) is 84.1 Å². The predicted molar refractivity (Wildman–Crippen MR) is 145 cm³/mol. The SMILES string of the molecule is CCn1ncc(S(=O)(=O)N2C[C@@H]3[C@@H](c4ccccc4)[C@]3(c3cc4cnn(-c5ccc(F)cc5)c4cc3C)C2)n1. The zero-order valence-electron chi connectivity index (χ0n) is 21.6. The van der Waals surface area contributed by atoms with Gasteiger partial charge in [-0.15, -0.1) is 5.10 Å². The minimum absolute atomic E-state index is 0.00944. The molecule has 0 N–H and O–H groups in total. The Morgan fingerprint density at radius 2 is 1.79 bits per heavy atom. The van der Waals surface area contributed by atoms with Crippen LogP contribution in [0.5, 0.6) is 0 Å². The third-order valence-corrected chi connectivity index (χ3v) is 10.1. The summed E-state index contributed by atoms with van der Waals surface area (Å²) in [6.07, 6.45) is 3.16. The number of halogens is 1. The molecule has 3 atom stereocenters. The second-order valence-corrected chi connectivity index (χ2v) is 12.3. The number of sulfonamides is 1. The van der Waals surface area contributed by atoms with Gasteiger partial charge in [0.2, 0.25) is 5.03 Å². The number of piperidine rings is 1. The lowest BCUT2D eigenvalue weighted by Crippen LogP contribution is -2.35. The van der Waals surface area contributed by atoms with Crippen molar-refractivity contribution in [1.29, 1.82) is 0 Å². The van der Waals surface area contributed by atoms with E-state index in [1.54, 1.807) is 16.4 Å². The highest BCUT2D eigenvalue weighted by atomic mass is 32.2. The van der Waals surface area contributed by atoms with E-state index in [9.17, 15) is 12.8 Å². The number of rotatable bonds is 6. The van der Waals surface area contributed by atoms with Crippen molar-refractivity contribution >= 4 is 20.9 Å². The molecular formula is C29H27FN6O2S. The first-order valence-electron chi connectivity index (χ1n) is 13.0. The molecule has 1 aliphatic carbocycles. The molecule has 1 aliphatic heterocycles. The van der Waals surface area contributed by atoms with Gasteiger partial charge in [-0.1, -0.05) is 30.3 Å². The van der Waals surface area contributed by atoms with Gasteiger partial charge in [-0.3, -0.25) is 0 Å². The van der Waals surface area contributed by atoms with Gasteiger partial charge in [-0.2, -0.15) is 19.3 Å². The second kappa shape index (κ2) is 8.56. The van der Waals surface area contributed by atoms with Gasteiger partial charge >= 0.3 is 0 Å². The second-order valence-electron chi connectivity index (χ2n) is 10.5. The van der Waals surface area contributed by atoms with Crippen LogP contribution in [0.4, 0.5) is 4.39 Å². The molecule has 10 heteroatoms. The molecule has 8 nitrogen and oxygen atoms in total. The van der Waals surface area contributed by atoms with Gasteiger partial charge < -0.3 is 0 Å². The third kappa shape index (κ3) is 3.58. The molecule has 3 heterocycles. The quantitative estimate of drug-likeness (QED) is 0.317. The first-order valence-corrected chi connectivity index (χ1v) is 14.5. The third-order valence-electron chi connectivity index (χ3n) is 8.40. The van der Waals surface area contributed by atoms with E-state index in [4.69, 9.17) is 0 Å². The minimum atomic E-state index is -3.78. The molecule has 3 aromatic carbocycles. The van der Waals surface area contributed by atoms with E-state index in [2.05, 4.69) is 46.5 Å². The van der Waals surface area contributed by atoms with E-state index in [0.29, 0.717) is 19.6 Å². The Kier molecular flexibility index (Phi) is 5.30. The highest BCUT2D eigenvalue weighted by Crippen LogP contribution is 2.70. The van der Waals surface area contributed by atoms with Crippen LogP contribution in [0.1, 0.15) is 29.5 Å². The monoisotopic (exact) mass is 542 g/mol. The van der Waals surface area contributed by atoms with Crippen LogP contribution in [0.2, 0.25) is 0 Å². The number of hydrogen-bond acceptors (Lipinski definition) is 5. The number of aromatic nitrogens is 5. The maximum absolute atomic E-state index is 13.6. The van der Waals surface area contributed by atoms with Crippen molar-refractivity contribution in [2.75, 3.05) is 13.1 Å². The lowest BCUT2D eigenvalue weighted by atomic mass is 9.87. The Morgan fingerprint density at radius 1 is 1.03 bits per heavy atom. The Labute approximate surface area is 225 Å². The zero-order valence-corrected chi connectivity index (χ0v) is 22.4.